The zero-order chi connectivity index (χ0) is 7.98. The van der Waals surface area contributed by atoms with Crippen LogP contribution in [0, 0.1) is 11.8 Å². The van der Waals surface area contributed by atoms with Crippen molar-refractivity contribution in [2.24, 2.45) is 11.8 Å². The summed E-state index contributed by atoms with van der Waals surface area (Å²) in [4.78, 5) is 0. The van der Waals surface area contributed by atoms with E-state index < -0.39 is 0 Å². The quantitative estimate of drug-likeness (QED) is 0.628. The summed E-state index contributed by atoms with van der Waals surface area (Å²) in [5.41, 5.74) is 0. The van der Waals surface area contributed by atoms with Crippen LogP contribution in [0.1, 0.15) is 40.0 Å². The Morgan fingerprint density at radius 2 is 1.80 bits per heavy atom. The van der Waals surface area contributed by atoms with Gasteiger partial charge in [0.05, 0.1) is 0 Å². The van der Waals surface area contributed by atoms with Gasteiger partial charge in [0.25, 0.3) is 0 Å². The maximum absolute atomic E-state index is 8.55. The number of aliphatic hydroxyl groups is 1. The fourth-order valence-corrected chi connectivity index (χ4v) is 1.36. The summed E-state index contributed by atoms with van der Waals surface area (Å²) in [6, 6.07) is 0. The van der Waals surface area contributed by atoms with Crippen LogP contribution in [-0.4, -0.2) is 11.7 Å². The van der Waals surface area contributed by atoms with E-state index in [1.807, 2.05) is 0 Å². The van der Waals surface area contributed by atoms with Crippen molar-refractivity contribution in [3.8, 4) is 0 Å². The minimum absolute atomic E-state index is 0.350. The average Bonchev–Trinajstić information content (AvgIpc) is 1.82. The molecule has 0 aliphatic carbocycles. The van der Waals surface area contributed by atoms with Crippen LogP contribution in [0.5, 0.6) is 0 Å². The second kappa shape index (κ2) is 5.72. The van der Waals surface area contributed by atoms with Gasteiger partial charge in [-0.1, -0.05) is 20.8 Å². The molecule has 0 amide bonds. The van der Waals surface area contributed by atoms with Crippen LogP contribution >= 0.6 is 0 Å². The van der Waals surface area contributed by atoms with Gasteiger partial charge in [-0.05, 0) is 31.1 Å². The van der Waals surface area contributed by atoms with Crippen LogP contribution in [0.2, 0.25) is 0 Å². The summed E-state index contributed by atoms with van der Waals surface area (Å²) in [5.74, 6) is 1.58. The Labute approximate surface area is 64.5 Å². The van der Waals surface area contributed by atoms with Crippen molar-refractivity contribution in [3.63, 3.8) is 0 Å². The third-order valence-corrected chi connectivity index (χ3v) is 1.73. The van der Waals surface area contributed by atoms with E-state index in [1.54, 1.807) is 0 Å². The molecule has 62 valence electrons. The lowest BCUT2D eigenvalue weighted by Gasteiger charge is -2.12. The third-order valence-electron chi connectivity index (χ3n) is 1.73. The van der Waals surface area contributed by atoms with E-state index in [1.165, 1.54) is 12.8 Å². The molecule has 0 spiro atoms. The molecule has 0 aromatic carbocycles. The number of hydrogen-bond acceptors (Lipinski definition) is 1. The fraction of sp³-hybridized carbons (Fsp3) is 1.00. The maximum atomic E-state index is 8.55. The number of rotatable bonds is 5. The highest BCUT2D eigenvalue weighted by molar-refractivity contribution is 4.55. The van der Waals surface area contributed by atoms with Crippen LogP contribution < -0.4 is 0 Å². The van der Waals surface area contributed by atoms with Gasteiger partial charge < -0.3 is 5.11 Å². The second-order valence-electron chi connectivity index (χ2n) is 3.60. The SMILES string of the molecule is CC(C)C[C@H](C)CCCO. The predicted octanol–water partition coefficient (Wildman–Crippen LogP) is 2.44. The molecule has 0 bridgehead atoms. The molecule has 0 fully saturated rings. The summed E-state index contributed by atoms with van der Waals surface area (Å²) in [6.07, 6.45) is 3.43. The molecule has 10 heavy (non-hydrogen) atoms. The van der Waals surface area contributed by atoms with Gasteiger partial charge in [-0.25, -0.2) is 0 Å². The Morgan fingerprint density at radius 1 is 1.20 bits per heavy atom. The largest absolute Gasteiger partial charge is 0.396 e. The summed E-state index contributed by atoms with van der Waals surface area (Å²) in [7, 11) is 0. The lowest BCUT2D eigenvalue weighted by Crippen LogP contribution is -2.00. The molecule has 1 nitrogen and oxygen atoms in total. The molecular weight excluding hydrogens is 124 g/mol. The van der Waals surface area contributed by atoms with Gasteiger partial charge in [0.15, 0.2) is 0 Å². The maximum Gasteiger partial charge on any atom is 0.0431 e. The molecule has 0 heterocycles. The molecule has 1 atom stereocenters. The zero-order valence-electron chi connectivity index (χ0n) is 7.43. The molecule has 0 saturated heterocycles. The highest BCUT2D eigenvalue weighted by Crippen LogP contribution is 2.15. The molecule has 0 saturated carbocycles. The van der Waals surface area contributed by atoms with Crippen molar-refractivity contribution in [1.82, 2.24) is 0 Å². The molecule has 0 radical (unpaired) electrons. The first kappa shape index (κ1) is 9.96. The van der Waals surface area contributed by atoms with Gasteiger partial charge in [-0.2, -0.15) is 0 Å². The smallest absolute Gasteiger partial charge is 0.0431 e. The van der Waals surface area contributed by atoms with Crippen molar-refractivity contribution in [3.05, 3.63) is 0 Å². The Hall–Kier alpha value is -0.0400. The van der Waals surface area contributed by atoms with Crippen LogP contribution in [0.25, 0.3) is 0 Å². The average molecular weight is 144 g/mol. The zero-order valence-corrected chi connectivity index (χ0v) is 7.43. The van der Waals surface area contributed by atoms with Gasteiger partial charge in [-0.3, -0.25) is 0 Å². The molecule has 1 N–H and O–H groups in total. The second-order valence-corrected chi connectivity index (χ2v) is 3.60. The Kier molecular flexibility index (Phi) is 5.70. The van der Waals surface area contributed by atoms with Gasteiger partial charge in [0, 0.05) is 6.61 Å². The molecule has 0 aliphatic rings. The van der Waals surface area contributed by atoms with E-state index in [-0.39, 0.29) is 0 Å². The van der Waals surface area contributed by atoms with Crippen LogP contribution in [0.4, 0.5) is 0 Å². The van der Waals surface area contributed by atoms with Gasteiger partial charge >= 0.3 is 0 Å². The summed E-state index contributed by atoms with van der Waals surface area (Å²) in [6.45, 7) is 7.10. The van der Waals surface area contributed by atoms with E-state index in [9.17, 15) is 0 Å². The van der Waals surface area contributed by atoms with E-state index in [2.05, 4.69) is 20.8 Å². The molecule has 0 unspecified atom stereocenters. The highest BCUT2D eigenvalue weighted by Gasteiger charge is 2.03. The van der Waals surface area contributed by atoms with Crippen LogP contribution in [-0.2, 0) is 0 Å². The summed E-state index contributed by atoms with van der Waals surface area (Å²) < 4.78 is 0. The minimum Gasteiger partial charge on any atom is -0.396 e. The van der Waals surface area contributed by atoms with Crippen molar-refractivity contribution in [2.45, 2.75) is 40.0 Å². The summed E-state index contributed by atoms with van der Waals surface area (Å²) >= 11 is 0. The first-order valence-electron chi connectivity index (χ1n) is 4.27. The summed E-state index contributed by atoms with van der Waals surface area (Å²) in [5, 5.41) is 8.55. The van der Waals surface area contributed by atoms with Crippen molar-refractivity contribution in [1.29, 1.82) is 0 Å². The highest BCUT2D eigenvalue weighted by atomic mass is 16.2. The van der Waals surface area contributed by atoms with Crippen molar-refractivity contribution >= 4 is 0 Å². The van der Waals surface area contributed by atoms with Crippen molar-refractivity contribution < 1.29 is 5.11 Å². The lowest BCUT2D eigenvalue weighted by molar-refractivity contribution is 0.267. The van der Waals surface area contributed by atoms with Gasteiger partial charge in [-0.15, -0.1) is 0 Å². The first-order chi connectivity index (χ1) is 4.66. The fourth-order valence-electron chi connectivity index (χ4n) is 1.36. The van der Waals surface area contributed by atoms with E-state index in [0.29, 0.717) is 6.61 Å². The normalized spacial score (nSPS) is 14.1. The number of aliphatic hydroxyl groups excluding tert-OH is 1. The van der Waals surface area contributed by atoms with E-state index in [4.69, 9.17) is 5.11 Å². The topological polar surface area (TPSA) is 20.2 Å². The Bertz CT molecular complexity index is 69.1. The molecule has 1 heteroatoms. The molecule has 0 aromatic heterocycles. The Morgan fingerprint density at radius 3 is 2.20 bits per heavy atom. The van der Waals surface area contributed by atoms with E-state index in [0.717, 1.165) is 18.3 Å². The third kappa shape index (κ3) is 6.09. The van der Waals surface area contributed by atoms with E-state index >= 15 is 0 Å². The molecular formula is C9H20O. The first-order valence-corrected chi connectivity index (χ1v) is 4.27. The number of hydrogen-bond donors (Lipinski definition) is 1. The van der Waals surface area contributed by atoms with Crippen LogP contribution in [0.3, 0.4) is 0 Å². The van der Waals surface area contributed by atoms with Gasteiger partial charge in [0.1, 0.15) is 0 Å². The molecule has 0 rings (SSSR count). The van der Waals surface area contributed by atoms with Crippen molar-refractivity contribution in [2.75, 3.05) is 6.61 Å². The molecule has 0 aromatic rings. The van der Waals surface area contributed by atoms with Gasteiger partial charge in [0.2, 0.25) is 0 Å². The lowest BCUT2D eigenvalue weighted by atomic mass is 9.95. The molecule has 0 aliphatic heterocycles. The standard InChI is InChI=1S/C9H20O/c1-8(2)7-9(3)5-4-6-10/h8-10H,4-7H2,1-3H3/t9-/m1/s1. The Balaban J connectivity index is 3.16. The van der Waals surface area contributed by atoms with Crippen LogP contribution in [0.15, 0.2) is 0 Å². The monoisotopic (exact) mass is 144 g/mol. The predicted molar refractivity (Wildman–Crippen MR) is 44.9 cm³/mol. The minimum atomic E-state index is 0.350.